The van der Waals surface area contributed by atoms with Gasteiger partial charge in [-0.3, -0.25) is 10.1 Å². The number of hydrogen-bond donors (Lipinski definition) is 2. The quantitative estimate of drug-likeness (QED) is 0.185. The Kier molecular flexibility index (Phi) is 8.34. The topological polar surface area (TPSA) is 123 Å². The van der Waals surface area contributed by atoms with Crippen LogP contribution in [0, 0.1) is 33.7 Å². The van der Waals surface area contributed by atoms with Gasteiger partial charge in [-0.25, -0.2) is 9.37 Å². The van der Waals surface area contributed by atoms with Crippen molar-refractivity contribution in [3.63, 3.8) is 0 Å². The second kappa shape index (κ2) is 11.7. The molecule has 13 heteroatoms. The van der Waals surface area contributed by atoms with E-state index in [1.54, 1.807) is 6.07 Å². The third-order valence-corrected chi connectivity index (χ3v) is 9.62. The number of thioether (sulfide) groups is 1. The van der Waals surface area contributed by atoms with E-state index < -0.39 is 10.7 Å². The number of ether oxygens (including phenoxy) is 1. The van der Waals surface area contributed by atoms with Gasteiger partial charge < -0.3 is 25.6 Å². The van der Waals surface area contributed by atoms with E-state index in [-0.39, 0.29) is 34.7 Å². The zero-order valence-corrected chi connectivity index (χ0v) is 23.3. The first kappa shape index (κ1) is 27.7. The number of piperazine rings is 1. The molecule has 2 aromatic rings. The van der Waals surface area contributed by atoms with E-state index in [0.29, 0.717) is 35.0 Å². The number of nitro groups is 1. The molecule has 3 aliphatic rings. The van der Waals surface area contributed by atoms with Crippen molar-refractivity contribution in [3.8, 4) is 5.75 Å². The van der Waals surface area contributed by atoms with Gasteiger partial charge in [-0.2, -0.15) is 16.7 Å². The minimum absolute atomic E-state index is 0.0164. The minimum Gasteiger partial charge on any atom is -0.490 e. The molecule has 1 aliphatic heterocycles. The lowest BCUT2D eigenvalue weighted by Crippen LogP contribution is -2.44. The van der Waals surface area contributed by atoms with Gasteiger partial charge in [-0.15, -0.1) is 0 Å². The molecule has 10 nitrogen and oxygen atoms in total. The molecule has 0 radical (unpaired) electrons. The van der Waals surface area contributed by atoms with E-state index in [0.717, 1.165) is 50.9 Å². The van der Waals surface area contributed by atoms with Crippen LogP contribution in [0.2, 0.25) is 5.28 Å². The highest BCUT2D eigenvalue weighted by atomic mass is 35.5. The van der Waals surface area contributed by atoms with Crippen LogP contribution < -0.4 is 20.7 Å². The second-order valence-corrected chi connectivity index (χ2v) is 12.1. The Morgan fingerprint density at radius 2 is 2.13 bits per heavy atom. The van der Waals surface area contributed by atoms with Gasteiger partial charge in [0.25, 0.3) is 5.69 Å². The Morgan fingerprint density at radius 3 is 2.85 bits per heavy atom. The van der Waals surface area contributed by atoms with Crippen molar-refractivity contribution in [2.24, 2.45) is 23.5 Å². The van der Waals surface area contributed by atoms with Crippen LogP contribution in [0.3, 0.4) is 0 Å². The number of halogens is 2. The monoisotopic (exact) mass is 577 g/mol. The molecule has 0 spiro atoms. The maximum absolute atomic E-state index is 14.4. The highest BCUT2D eigenvalue weighted by molar-refractivity contribution is 7.99. The van der Waals surface area contributed by atoms with E-state index in [9.17, 15) is 14.5 Å². The fourth-order valence-electron chi connectivity index (χ4n) is 6.22. The van der Waals surface area contributed by atoms with Gasteiger partial charge in [0.2, 0.25) is 5.28 Å². The summed E-state index contributed by atoms with van der Waals surface area (Å²) in [6.45, 7) is 7.94. The van der Waals surface area contributed by atoms with Crippen LogP contribution in [0.5, 0.6) is 5.75 Å². The Morgan fingerprint density at radius 1 is 1.36 bits per heavy atom. The van der Waals surface area contributed by atoms with Gasteiger partial charge in [0.05, 0.1) is 29.5 Å². The van der Waals surface area contributed by atoms with E-state index in [2.05, 4.69) is 38.7 Å². The van der Waals surface area contributed by atoms with Gasteiger partial charge in [0.1, 0.15) is 5.75 Å². The van der Waals surface area contributed by atoms with Crippen molar-refractivity contribution in [1.82, 2.24) is 14.9 Å². The van der Waals surface area contributed by atoms with Crippen molar-refractivity contribution in [2.45, 2.75) is 24.1 Å². The normalized spacial score (nSPS) is 26.5. The third-order valence-electron chi connectivity index (χ3n) is 8.06. The number of fused-ring (bicyclic) bond motifs is 2. The van der Waals surface area contributed by atoms with Crippen molar-refractivity contribution in [3.05, 3.63) is 57.9 Å². The molecule has 2 saturated carbocycles. The first-order chi connectivity index (χ1) is 18.7. The number of likely N-dealkylation sites (N-methyl/N-ethyl adjacent to an activating group) is 1. The van der Waals surface area contributed by atoms with Crippen LogP contribution in [0.25, 0.3) is 0 Å². The van der Waals surface area contributed by atoms with E-state index in [1.807, 2.05) is 11.8 Å². The summed E-state index contributed by atoms with van der Waals surface area (Å²) < 4.78 is 20.5. The van der Waals surface area contributed by atoms with Crippen LogP contribution in [0.4, 0.5) is 21.6 Å². The van der Waals surface area contributed by atoms with Crippen molar-refractivity contribution in [1.29, 1.82) is 0 Å². The van der Waals surface area contributed by atoms with Crippen LogP contribution in [-0.2, 0) is 0 Å². The van der Waals surface area contributed by atoms with Gasteiger partial charge in [0, 0.05) is 60.9 Å². The highest BCUT2D eigenvalue weighted by Gasteiger charge is 2.53. The van der Waals surface area contributed by atoms with Crippen molar-refractivity contribution >= 4 is 40.6 Å². The van der Waals surface area contributed by atoms with E-state index in [4.69, 9.17) is 22.1 Å². The lowest BCUT2D eigenvalue weighted by Gasteiger charge is -2.36. The molecule has 2 heterocycles. The van der Waals surface area contributed by atoms with E-state index in [1.165, 1.54) is 12.1 Å². The van der Waals surface area contributed by atoms with E-state index >= 15 is 0 Å². The maximum Gasteiger partial charge on any atom is 0.273 e. The molecule has 5 atom stereocenters. The summed E-state index contributed by atoms with van der Waals surface area (Å²) in [7, 11) is 2.09. The molecule has 0 amide bonds. The van der Waals surface area contributed by atoms with Gasteiger partial charge >= 0.3 is 0 Å². The number of nitrogens with two attached hydrogens (primary N) is 1. The number of benzene rings is 1. The average molecular weight is 578 g/mol. The summed E-state index contributed by atoms with van der Waals surface area (Å²) in [5.41, 5.74) is 7.67. The summed E-state index contributed by atoms with van der Waals surface area (Å²) in [4.78, 5) is 23.2. The Hall–Kier alpha value is -2.83. The van der Waals surface area contributed by atoms with Gasteiger partial charge in [-0.05, 0) is 49.4 Å². The molecule has 210 valence electrons. The molecule has 5 rings (SSSR count). The predicted octanol–water partition coefficient (Wildman–Crippen LogP) is 4.02. The standard InChI is InChI=1S/C26H33ClFN7O3S/c1-15(29)23-16-11-18(24(23)31-25-19(28)14-30-26(27)32-25)22(12-16)39-10-9-38-21-13-17(35(36)37)3-4-20(21)34-7-5-33(2)6-8-34/h3-4,13-14,16,18,22-24H,1,5-12,29H2,2H3,(H,30,31,32)/t16-,18-,22-,23+,24-/m1/s1. The largest absolute Gasteiger partial charge is 0.490 e. The third kappa shape index (κ3) is 6.02. The summed E-state index contributed by atoms with van der Waals surface area (Å²) >= 11 is 7.72. The summed E-state index contributed by atoms with van der Waals surface area (Å²) in [6.07, 6.45) is 3.02. The maximum atomic E-state index is 14.4. The van der Waals surface area contributed by atoms with Crippen LogP contribution in [0.15, 0.2) is 36.7 Å². The molecule has 3 fully saturated rings. The minimum atomic E-state index is -0.561. The van der Waals surface area contributed by atoms with Crippen LogP contribution in [-0.4, -0.2) is 76.7 Å². The first-order valence-electron chi connectivity index (χ1n) is 13.1. The Balaban J connectivity index is 1.22. The predicted molar refractivity (Wildman–Crippen MR) is 152 cm³/mol. The number of anilines is 2. The molecular formula is C26H33ClFN7O3S. The fourth-order valence-corrected chi connectivity index (χ4v) is 7.75. The second-order valence-electron chi connectivity index (χ2n) is 10.5. The van der Waals surface area contributed by atoms with Crippen molar-refractivity contribution < 1.29 is 14.1 Å². The highest BCUT2D eigenvalue weighted by Crippen LogP contribution is 2.54. The molecule has 1 aromatic heterocycles. The Labute approximate surface area is 236 Å². The summed E-state index contributed by atoms with van der Waals surface area (Å²) in [6, 6.07) is 4.74. The SMILES string of the molecule is C=C(N)[C@H]1[C@@H]2C[C@@H]([C@H]1Nc1nc(Cl)ncc1F)[C@H](SCCOc1cc([N+](=O)[O-])ccc1N1CCN(C)CC1)C2. The lowest BCUT2D eigenvalue weighted by atomic mass is 9.82. The average Bonchev–Trinajstić information content (AvgIpc) is 3.47. The molecule has 3 N–H and O–H groups in total. The smallest absolute Gasteiger partial charge is 0.273 e. The number of nitrogens with zero attached hydrogens (tertiary/aromatic N) is 5. The van der Waals surface area contributed by atoms with Gasteiger partial charge in [0.15, 0.2) is 11.6 Å². The molecule has 1 aromatic carbocycles. The van der Waals surface area contributed by atoms with Crippen molar-refractivity contribution in [2.75, 3.05) is 55.8 Å². The van der Waals surface area contributed by atoms with Crippen LogP contribution in [0.1, 0.15) is 12.8 Å². The first-order valence-corrected chi connectivity index (χ1v) is 14.5. The Bertz CT molecular complexity index is 1230. The fraction of sp³-hybridized carbons (Fsp3) is 0.538. The van der Waals surface area contributed by atoms with Gasteiger partial charge in [-0.1, -0.05) is 6.58 Å². The number of aromatic nitrogens is 2. The molecule has 2 bridgehead atoms. The zero-order chi connectivity index (χ0) is 27.7. The van der Waals surface area contributed by atoms with Crippen LogP contribution >= 0.6 is 23.4 Å². The molecule has 0 unspecified atom stereocenters. The number of rotatable bonds is 10. The molecule has 39 heavy (non-hydrogen) atoms. The molecular weight excluding hydrogens is 545 g/mol. The number of hydrogen-bond acceptors (Lipinski definition) is 10. The molecule has 2 aliphatic carbocycles. The summed E-state index contributed by atoms with van der Waals surface area (Å²) in [5.74, 6) is 1.39. The lowest BCUT2D eigenvalue weighted by molar-refractivity contribution is -0.384. The summed E-state index contributed by atoms with van der Waals surface area (Å²) in [5, 5.41) is 15.0. The number of nitro benzene ring substituents is 1. The number of non-ortho nitro benzene ring substituents is 1. The number of nitrogens with one attached hydrogen (secondary N) is 1. The molecule has 1 saturated heterocycles. The zero-order valence-electron chi connectivity index (χ0n) is 21.8.